The van der Waals surface area contributed by atoms with E-state index in [0.29, 0.717) is 12.1 Å². The Morgan fingerprint density at radius 1 is 1.36 bits per heavy atom. The van der Waals surface area contributed by atoms with Gasteiger partial charge in [-0.2, -0.15) is 0 Å². The van der Waals surface area contributed by atoms with E-state index in [1.165, 1.54) is 29.2 Å². The maximum Gasteiger partial charge on any atom is 0.415 e. The van der Waals surface area contributed by atoms with Crippen LogP contribution >= 0.6 is 0 Å². The number of hydrogen-bond acceptors (Lipinski definition) is 7. The molecule has 2 atom stereocenters. The average molecular weight is 410 g/mol. The lowest BCUT2D eigenvalue weighted by atomic mass is 9.79. The molecule has 1 aliphatic heterocycles. The van der Waals surface area contributed by atoms with Crippen LogP contribution in [0, 0.1) is 21.4 Å². The first-order valence-electron chi connectivity index (χ1n) is 9.09. The summed E-state index contributed by atoms with van der Waals surface area (Å²) in [4.78, 5) is 24.2. The monoisotopic (exact) mass is 409 g/mol. The Bertz CT molecular complexity index is 745. The van der Waals surface area contributed by atoms with E-state index < -0.39 is 26.2 Å². The molecule has 9 nitrogen and oxygen atoms in total. The molecule has 0 aromatic heterocycles. The summed E-state index contributed by atoms with van der Waals surface area (Å²) in [5, 5.41) is 23.6. The summed E-state index contributed by atoms with van der Waals surface area (Å²) in [5.41, 5.74) is 0.419. The van der Waals surface area contributed by atoms with Crippen LogP contribution in [0.5, 0.6) is 0 Å². The minimum atomic E-state index is -1.45. The van der Waals surface area contributed by atoms with Gasteiger partial charge in [-0.05, 0) is 36.2 Å². The molecule has 154 valence electrons. The summed E-state index contributed by atoms with van der Waals surface area (Å²) >= 11 is 0. The molecule has 1 heterocycles. The van der Waals surface area contributed by atoms with E-state index in [-0.39, 0.29) is 29.5 Å². The standard InChI is InChI=1S/C18H27N3O6Si/c1-18(2,3)14-10-20(16(19-23)15(14)27-28(4)5)17(22)26-11-12-6-8-13(9-7-12)21(24)25/h6-9,14-15,23,28H,10-11H2,1-5H3/b19-16-/t14-,15?/m1/s1. The second-order valence-electron chi connectivity index (χ2n) is 8.12. The molecule has 0 radical (unpaired) electrons. The van der Waals surface area contributed by atoms with Crippen molar-refractivity contribution in [2.24, 2.45) is 16.5 Å². The first kappa shape index (κ1) is 21.8. The third kappa shape index (κ3) is 5.07. The van der Waals surface area contributed by atoms with Crippen LogP contribution in [0.3, 0.4) is 0 Å². The lowest BCUT2D eigenvalue weighted by Gasteiger charge is -2.31. The zero-order valence-electron chi connectivity index (χ0n) is 16.8. The Balaban J connectivity index is 2.11. The minimum Gasteiger partial charge on any atom is -0.444 e. The first-order chi connectivity index (χ1) is 13.0. The largest absolute Gasteiger partial charge is 0.444 e. The van der Waals surface area contributed by atoms with Crippen molar-refractivity contribution in [1.29, 1.82) is 0 Å². The number of carbonyl (C=O) groups excluding carboxylic acids is 1. The molecule has 0 bridgehead atoms. The van der Waals surface area contributed by atoms with Gasteiger partial charge in [-0.3, -0.25) is 15.0 Å². The van der Waals surface area contributed by atoms with Gasteiger partial charge in [-0.15, -0.1) is 0 Å². The van der Waals surface area contributed by atoms with Gasteiger partial charge < -0.3 is 14.4 Å². The van der Waals surface area contributed by atoms with Gasteiger partial charge in [0.05, 0.1) is 4.92 Å². The molecule has 1 aromatic carbocycles. The number of likely N-dealkylation sites (tertiary alicyclic amines) is 1. The fraction of sp³-hybridized carbons (Fsp3) is 0.556. The maximum atomic E-state index is 12.6. The van der Waals surface area contributed by atoms with Gasteiger partial charge in [0.15, 0.2) is 14.9 Å². The second kappa shape index (κ2) is 8.70. The summed E-state index contributed by atoms with van der Waals surface area (Å²) in [6.07, 6.45) is -1.11. The van der Waals surface area contributed by atoms with Crippen LogP contribution < -0.4 is 0 Å². The Labute approximate surface area is 165 Å². The van der Waals surface area contributed by atoms with E-state index in [0.717, 1.165) is 0 Å². The molecule has 1 amide bonds. The molecule has 1 aliphatic rings. The number of hydrogen-bond donors (Lipinski definition) is 1. The summed E-state index contributed by atoms with van der Waals surface area (Å²) in [7, 11) is -1.45. The van der Waals surface area contributed by atoms with E-state index in [9.17, 15) is 20.1 Å². The molecule has 2 rings (SSSR count). The fourth-order valence-corrected chi connectivity index (χ4v) is 4.01. The predicted molar refractivity (Wildman–Crippen MR) is 106 cm³/mol. The smallest absolute Gasteiger partial charge is 0.415 e. The van der Waals surface area contributed by atoms with Gasteiger partial charge in [-0.25, -0.2) is 4.79 Å². The second-order valence-corrected chi connectivity index (χ2v) is 10.5. The third-order valence-electron chi connectivity index (χ3n) is 4.64. The van der Waals surface area contributed by atoms with E-state index in [2.05, 4.69) is 25.9 Å². The zero-order chi connectivity index (χ0) is 21.1. The zero-order valence-corrected chi connectivity index (χ0v) is 17.9. The van der Waals surface area contributed by atoms with Gasteiger partial charge in [0, 0.05) is 24.6 Å². The van der Waals surface area contributed by atoms with Crippen LogP contribution in [0.2, 0.25) is 13.1 Å². The van der Waals surface area contributed by atoms with E-state index in [1.807, 2.05) is 13.1 Å². The van der Waals surface area contributed by atoms with Crippen LogP contribution in [-0.4, -0.2) is 48.6 Å². The van der Waals surface area contributed by atoms with Crippen LogP contribution in [0.25, 0.3) is 0 Å². The number of benzene rings is 1. The molecular formula is C18H27N3O6Si. The van der Waals surface area contributed by atoms with Crippen molar-refractivity contribution in [3.8, 4) is 0 Å². The minimum absolute atomic E-state index is 0.0322. The summed E-state index contributed by atoms with van der Waals surface area (Å²) in [6.45, 7) is 10.5. The number of carbonyl (C=O) groups is 1. The van der Waals surface area contributed by atoms with Gasteiger partial charge in [-0.1, -0.05) is 25.9 Å². The van der Waals surface area contributed by atoms with Gasteiger partial charge in [0.1, 0.15) is 12.7 Å². The summed E-state index contributed by atoms with van der Waals surface area (Å²) in [5.74, 6) is 0.120. The fourth-order valence-electron chi connectivity index (χ4n) is 3.11. The van der Waals surface area contributed by atoms with E-state index in [4.69, 9.17) is 9.16 Å². The van der Waals surface area contributed by atoms with Crippen molar-refractivity contribution < 1.29 is 24.1 Å². The Morgan fingerprint density at radius 3 is 2.43 bits per heavy atom. The number of nitro benzene ring substituents is 1. The molecule has 1 N–H and O–H groups in total. The van der Waals surface area contributed by atoms with Crippen LogP contribution in [0.15, 0.2) is 29.4 Å². The lowest BCUT2D eigenvalue weighted by molar-refractivity contribution is -0.384. The van der Waals surface area contributed by atoms with Crippen molar-refractivity contribution in [2.75, 3.05) is 6.54 Å². The van der Waals surface area contributed by atoms with Crippen LogP contribution in [0.1, 0.15) is 26.3 Å². The number of ether oxygens (including phenoxy) is 1. The summed E-state index contributed by atoms with van der Waals surface area (Å²) in [6, 6.07) is 5.77. The first-order valence-corrected chi connectivity index (χ1v) is 11.9. The Hall–Kier alpha value is -2.46. The summed E-state index contributed by atoms with van der Waals surface area (Å²) < 4.78 is 11.4. The molecule has 1 saturated heterocycles. The maximum absolute atomic E-state index is 12.6. The number of rotatable bonds is 5. The number of nitrogens with zero attached hydrogens (tertiary/aromatic N) is 3. The van der Waals surface area contributed by atoms with Crippen molar-refractivity contribution in [3.05, 3.63) is 39.9 Å². The number of amides is 1. The van der Waals surface area contributed by atoms with Crippen molar-refractivity contribution in [1.82, 2.24) is 4.90 Å². The molecule has 28 heavy (non-hydrogen) atoms. The number of oxime groups is 1. The van der Waals surface area contributed by atoms with Crippen molar-refractivity contribution in [2.45, 2.75) is 46.6 Å². The molecule has 0 saturated carbocycles. The molecule has 0 aliphatic carbocycles. The highest BCUT2D eigenvalue weighted by molar-refractivity contribution is 6.48. The van der Waals surface area contributed by atoms with Crippen molar-refractivity contribution >= 4 is 26.7 Å². The van der Waals surface area contributed by atoms with Gasteiger partial charge >= 0.3 is 6.09 Å². The Morgan fingerprint density at radius 2 is 1.96 bits per heavy atom. The quantitative estimate of drug-likeness (QED) is 0.345. The SMILES string of the molecule is C[SiH](C)OC1/C(=N/O)N(C(=O)OCc2ccc([N+](=O)[O-])cc2)C[C@H]1C(C)(C)C. The average Bonchev–Trinajstić information content (AvgIpc) is 2.97. The van der Waals surface area contributed by atoms with Gasteiger partial charge in [0.25, 0.3) is 5.69 Å². The third-order valence-corrected chi connectivity index (χ3v) is 5.48. The van der Waals surface area contributed by atoms with Crippen LogP contribution in [-0.2, 0) is 15.8 Å². The molecule has 0 spiro atoms. The van der Waals surface area contributed by atoms with Gasteiger partial charge in [0.2, 0.25) is 0 Å². The normalized spacial score (nSPS) is 21.4. The number of amidine groups is 1. The molecule has 1 fully saturated rings. The highest BCUT2D eigenvalue weighted by atomic mass is 28.3. The number of nitro groups is 1. The molecule has 10 heteroatoms. The van der Waals surface area contributed by atoms with Crippen LogP contribution in [0.4, 0.5) is 10.5 Å². The molecule has 1 unspecified atom stereocenters. The topological polar surface area (TPSA) is 114 Å². The molecular weight excluding hydrogens is 382 g/mol. The lowest BCUT2D eigenvalue weighted by Crippen LogP contribution is -2.39. The molecule has 1 aromatic rings. The van der Waals surface area contributed by atoms with E-state index in [1.54, 1.807) is 0 Å². The number of non-ortho nitro benzene ring substituents is 1. The highest BCUT2D eigenvalue weighted by Gasteiger charge is 2.48. The van der Waals surface area contributed by atoms with Crippen molar-refractivity contribution in [3.63, 3.8) is 0 Å². The van der Waals surface area contributed by atoms with E-state index >= 15 is 0 Å². The Kier molecular flexibility index (Phi) is 6.78. The highest BCUT2D eigenvalue weighted by Crippen LogP contribution is 2.37. The predicted octanol–water partition coefficient (Wildman–Crippen LogP) is 3.37.